The second-order valence-corrected chi connectivity index (χ2v) is 4.49. The second-order valence-electron chi connectivity index (χ2n) is 4.49. The molecule has 96 valence electrons. The average molecular weight is 262 g/mol. The molecule has 0 amide bonds. The number of aryl methyl sites for hydroxylation is 1. The zero-order valence-corrected chi connectivity index (χ0v) is 10.5. The fourth-order valence-corrected chi connectivity index (χ4v) is 2.25. The summed E-state index contributed by atoms with van der Waals surface area (Å²) in [6, 6.07) is 3.85. The molecular weight excluding hydrogens is 244 g/mol. The van der Waals surface area contributed by atoms with Gasteiger partial charge in [0.05, 0.1) is 0 Å². The Balaban J connectivity index is 0.00000144. The molecule has 0 aliphatic carbocycles. The topological polar surface area (TPSA) is 12.0 Å². The summed E-state index contributed by atoms with van der Waals surface area (Å²) in [4.78, 5) is 0. The fourth-order valence-electron chi connectivity index (χ4n) is 2.25. The minimum Gasteiger partial charge on any atom is -0.316 e. The lowest BCUT2D eigenvalue weighted by Gasteiger charge is -2.22. The summed E-state index contributed by atoms with van der Waals surface area (Å²) in [7, 11) is 0. The standard InChI is InChI=1S/C13H17F2N.ClH/c14-12-6-5-11(13(15)8-12)4-3-10-2-1-7-16-9-10;/h5-6,8,10,16H,1-4,7,9H2;1H. The van der Waals surface area contributed by atoms with Gasteiger partial charge in [-0.2, -0.15) is 0 Å². The van der Waals surface area contributed by atoms with Crippen LogP contribution in [0.1, 0.15) is 24.8 Å². The summed E-state index contributed by atoms with van der Waals surface area (Å²) in [5, 5.41) is 3.34. The Hall–Kier alpha value is -0.670. The van der Waals surface area contributed by atoms with Gasteiger partial charge in [-0.05, 0) is 56.3 Å². The molecule has 0 aromatic heterocycles. The molecule has 4 heteroatoms. The monoisotopic (exact) mass is 261 g/mol. The van der Waals surface area contributed by atoms with Crippen LogP contribution in [0.4, 0.5) is 8.78 Å². The Morgan fingerprint density at radius 1 is 1.29 bits per heavy atom. The molecule has 0 spiro atoms. The van der Waals surface area contributed by atoms with Crippen LogP contribution in [0.2, 0.25) is 0 Å². The maximum Gasteiger partial charge on any atom is 0.129 e. The highest BCUT2D eigenvalue weighted by atomic mass is 35.5. The van der Waals surface area contributed by atoms with Crippen molar-refractivity contribution in [1.82, 2.24) is 5.32 Å². The van der Waals surface area contributed by atoms with E-state index in [0.717, 1.165) is 25.6 Å². The highest BCUT2D eigenvalue weighted by Crippen LogP contribution is 2.19. The lowest BCUT2D eigenvalue weighted by atomic mass is 9.92. The zero-order chi connectivity index (χ0) is 11.4. The number of hydrogen-bond acceptors (Lipinski definition) is 1. The van der Waals surface area contributed by atoms with Crippen LogP contribution in [-0.4, -0.2) is 13.1 Å². The van der Waals surface area contributed by atoms with Gasteiger partial charge in [0, 0.05) is 6.07 Å². The second kappa shape index (κ2) is 6.92. The molecule has 0 saturated carbocycles. The summed E-state index contributed by atoms with van der Waals surface area (Å²) < 4.78 is 26.0. The van der Waals surface area contributed by atoms with E-state index in [-0.39, 0.29) is 12.4 Å². The number of nitrogens with one attached hydrogen (secondary N) is 1. The van der Waals surface area contributed by atoms with Crippen LogP contribution in [0.3, 0.4) is 0 Å². The molecule has 1 heterocycles. The zero-order valence-electron chi connectivity index (χ0n) is 9.72. The molecule has 1 atom stereocenters. The summed E-state index contributed by atoms with van der Waals surface area (Å²) in [6.45, 7) is 2.13. The van der Waals surface area contributed by atoms with Gasteiger partial charge in [0.25, 0.3) is 0 Å². The smallest absolute Gasteiger partial charge is 0.129 e. The fraction of sp³-hybridized carbons (Fsp3) is 0.538. The summed E-state index contributed by atoms with van der Waals surface area (Å²) in [5.41, 5.74) is 0.631. The Labute approximate surface area is 107 Å². The van der Waals surface area contributed by atoms with Crippen molar-refractivity contribution in [1.29, 1.82) is 0 Å². The molecule has 1 aromatic rings. The van der Waals surface area contributed by atoms with Crippen molar-refractivity contribution in [2.45, 2.75) is 25.7 Å². The molecule has 2 rings (SSSR count). The summed E-state index contributed by atoms with van der Waals surface area (Å²) in [6.07, 6.45) is 4.11. The van der Waals surface area contributed by atoms with Gasteiger partial charge in [-0.15, -0.1) is 12.4 Å². The Kier molecular flexibility index (Phi) is 5.86. The van der Waals surface area contributed by atoms with Crippen molar-refractivity contribution in [3.63, 3.8) is 0 Å². The van der Waals surface area contributed by atoms with E-state index < -0.39 is 11.6 Å². The maximum atomic E-state index is 13.3. The van der Waals surface area contributed by atoms with Crippen molar-refractivity contribution < 1.29 is 8.78 Å². The van der Waals surface area contributed by atoms with E-state index in [2.05, 4.69) is 5.32 Å². The molecule has 0 radical (unpaired) electrons. The van der Waals surface area contributed by atoms with Crippen LogP contribution in [0.25, 0.3) is 0 Å². The Morgan fingerprint density at radius 2 is 2.12 bits per heavy atom. The van der Waals surface area contributed by atoms with Gasteiger partial charge in [0.1, 0.15) is 11.6 Å². The number of rotatable bonds is 3. The number of benzene rings is 1. The van der Waals surface area contributed by atoms with Crippen molar-refractivity contribution in [3.05, 3.63) is 35.4 Å². The first-order valence-corrected chi connectivity index (χ1v) is 5.90. The normalized spacial score (nSPS) is 19.8. The van der Waals surface area contributed by atoms with E-state index in [0.29, 0.717) is 17.9 Å². The van der Waals surface area contributed by atoms with Crippen LogP contribution >= 0.6 is 12.4 Å². The molecule has 1 aromatic carbocycles. The van der Waals surface area contributed by atoms with E-state index >= 15 is 0 Å². The van der Waals surface area contributed by atoms with Crippen molar-refractivity contribution in [2.75, 3.05) is 13.1 Å². The third kappa shape index (κ3) is 4.25. The van der Waals surface area contributed by atoms with Gasteiger partial charge < -0.3 is 5.32 Å². The van der Waals surface area contributed by atoms with Gasteiger partial charge in [-0.1, -0.05) is 6.07 Å². The lowest BCUT2D eigenvalue weighted by molar-refractivity contribution is 0.356. The van der Waals surface area contributed by atoms with Gasteiger partial charge in [-0.25, -0.2) is 8.78 Å². The first-order valence-electron chi connectivity index (χ1n) is 5.90. The minimum atomic E-state index is -0.499. The lowest BCUT2D eigenvalue weighted by Crippen LogP contribution is -2.29. The SMILES string of the molecule is Cl.Fc1ccc(CCC2CCCNC2)c(F)c1. The molecule has 1 nitrogen and oxygen atoms in total. The van der Waals surface area contributed by atoms with E-state index in [1.165, 1.54) is 18.9 Å². The molecule has 1 aliphatic heterocycles. The van der Waals surface area contributed by atoms with E-state index in [4.69, 9.17) is 0 Å². The summed E-state index contributed by atoms with van der Waals surface area (Å²) in [5.74, 6) is -0.275. The van der Waals surface area contributed by atoms with E-state index in [9.17, 15) is 8.78 Å². The first-order chi connectivity index (χ1) is 7.75. The number of halogens is 3. The number of piperidine rings is 1. The van der Waals surface area contributed by atoms with Gasteiger partial charge in [-0.3, -0.25) is 0 Å². The molecular formula is C13H18ClF2N. The Bertz CT molecular complexity index is 351. The molecule has 1 fully saturated rings. The predicted molar refractivity (Wildman–Crippen MR) is 67.5 cm³/mol. The van der Waals surface area contributed by atoms with Crippen LogP contribution in [0.15, 0.2) is 18.2 Å². The van der Waals surface area contributed by atoms with Gasteiger partial charge in [0.2, 0.25) is 0 Å². The van der Waals surface area contributed by atoms with Crippen molar-refractivity contribution in [2.24, 2.45) is 5.92 Å². The largest absolute Gasteiger partial charge is 0.316 e. The highest BCUT2D eigenvalue weighted by Gasteiger charge is 2.13. The molecule has 1 unspecified atom stereocenters. The van der Waals surface area contributed by atoms with Crippen LogP contribution < -0.4 is 5.32 Å². The minimum absolute atomic E-state index is 0. The third-order valence-corrected chi connectivity index (χ3v) is 3.24. The van der Waals surface area contributed by atoms with Gasteiger partial charge in [0.15, 0.2) is 0 Å². The maximum absolute atomic E-state index is 13.3. The molecule has 0 bridgehead atoms. The van der Waals surface area contributed by atoms with Crippen molar-refractivity contribution in [3.8, 4) is 0 Å². The molecule has 17 heavy (non-hydrogen) atoms. The summed E-state index contributed by atoms with van der Waals surface area (Å²) >= 11 is 0. The van der Waals surface area contributed by atoms with Crippen molar-refractivity contribution >= 4 is 12.4 Å². The highest BCUT2D eigenvalue weighted by molar-refractivity contribution is 5.85. The predicted octanol–water partition coefficient (Wildman–Crippen LogP) is 3.32. The van der Waals surface area contributed by atoms with E-state index in [1.54, 1.807) is 6.07 Å². The average Bonchev–Trinajstić information content (AvgIpc) is 2.29. The first kappa shape index (κ1) is 14.4. The van der Waals surface area contributed by atoms with Gasteiger partial charge >= 0.3 is 0 Å². The third-order valence-electron chi connectivity index (χ3n) is 3.24. The Morgan fingerprint density at radius 3 is 2.76 bits per heavy atom. The van der Waals surface area contributed by atoms with Crippen LogP contribution in [-0.2, 0) is 6.42 Å². The van der Waals surface area contributed by atoms with Crippen LogP contribution in [0, 0.1) is 17.6 Å². The molecule has 1 N–H and O–H groups in total. The van der Waals surface area contributed by atoms with Crippen LogP contribution in [0.5, 0.6) is 0 Å². The molecule has 1 saturated heterocycles. The quantitative estimate of drug-likeness (QED) is 0.880. The number of hydrogen-bond donors (Lipinski definition) is 1. The van der Waals surface area contributed by atoms with E-state index in [1.807, 2.05) is 0 Å². The molecule has 1 aliphatic rings.